The highest BCUT2D eigenvalue weighted by molar-refractivity contribution is 6.33. The van der Waals surface area contributed by atoms with Crippen LogP contribution in [0.5, 0.6) is 11.5 Å². The number of nitrogens with one attached hydrogen (secondary N) is 2. The molecule has 0 saturated carbocycles. The lowest BCUT2D eigenvalue weighted by molar-refractivity contribution is -0.114. The Labute approximate surface area is 138 Å². The van der Waals surface area contributed by atoms with Crippen LogP contribution >= 0.6 is 11.6 Å². The summed E-state index contributed by atoms with van der Waals surface area (Å²) >= 11 is 5.89. The molecule has 122 valence electrons. The molecule has 2 aromatic carbocycles. The van der Waals surface area contributed by atoms with Crippen LogP contribution in [0.2, 0.25) is 5.02 Å². The lowest BCUT2D eigenvalue weighted by Crippen LogP contribution is -2.22. The van der Waals surface area contributed by atoms with Gasteiger partial charge in [-0.2, -0.15) is 0 Å². The topological polar surface area (TPSA) is 59.6 Å². The molecule has 0 radical (unpaired) electrons. The monoisotopic (exact) mass is 338 g/mol. The van der Waals surface area contributed by atoms with Crippen LogP contribution in [0, 0.1) is 5.82 Å². The second kappa shape index (κ2) is 7.69. The van der Waals surface area contributed by atoms with E-state index in [4.69, 9.17) is 21.1 Å². The molecule has 2 N–H and O–H groups in total. The lowest BCUT2D eigenvalue weighted by atomic mass is 10.2. The lowest BCUT2D eigenvalue weighted by Gasteiger charge is -2.13. The van der Waals surface area contributed by atoms with Gasteiger partial charge in [0.05, 0.1) is 37.2 Å². The Hall–Kier alpha value is -2.47. The van der Waals surface area contributed by atoms with E-state index in [1.54, 1.807) is 18.2 Å². The van der Waals surface area contributed by atoms with Crippen LogP contribution in [-0.2, 0) is 4.79 Å². The van der Waals surface area contributed by atoms with Crippen molar-refractivity contribution >= 4 is 28.9 Å². The molecule has 0 atom stereocenters. The zero-order valence-corrected chi connectivity index (χ0v) is 13.4. The molecule has 7 heteroatoms. The summed E-state index contributed by atoms with van der Waals surface area (Å²) in [6.07, 6.45) is 0. The highest BCUT2D eigenvalue weighted by Gasteiger charge is 2.10. The third kappa shape index (κ3) is 4.50. The second-order valence-corrected chi connectivity index (χ2v) is 5.00. The van der Waals surface area contributed by atoms with Gasteiger partial charge in [0.1, 0.15) is 17.3 Å². The summed E-state index contributed by atoms with van der Waals surface area (Å²) in [4.78, 5) is 12.0. The van der Waals surface area contributed by atoms with Gasteiger partial charge in [0.2, 0.25) is 5.91 Å². The Kier molecular flexibility index (Phi) is 5.65. The van der Waals surface area contributed by atoms with E-state index >= 15 is 0 Å². The summed E-state index contributed by atoms with van der Waals surface area (Å²) < 4.78 is 23.3. The predicted molar refractivity (Wildman–Crippen MR) is 88.1 cm³/mol. The van der Waals surface area contributed by atoms with Crippen LogP contribution in [0.1, 0.15) is 0 Å². The number of halogens is 2. The molecule has 0 aliphatic rings. The summed E-state index contributed by atoms with van der Waals surface area (Å²) in [6, 6.07) is 8.98. The largest absolute Gasteiger partial charge is 0.497 e. The number of anilines is 2. The van der Waals surface area contributed by atoms with Crippen LogP contribution in [-0.4, -0.2) is 26.7 Å². The average molecular weight is 339 g/mol. The molecule has 0 bridgehead atoms. The SMILES string of the molecule is COc1ccc(OC)c(NC(=O)CNc2ccc(F)cc2Cl)c1. The fourth-order valence-electron chi connectivity index (χ4n) is 1.91. The van der Waals surface area contributed by atoms with Crippen molar-refractivity contribution < 1.29 is 18.7 Å². The number of hydrogen-bond donors (Lipinski definition) is 2. The van der Waals surface area contributed by atoms with Gasteiger partial charge in [-0.3, -0.25) is 4.79 Å². The quantitative estimate of drug-likeness (QED) is 0.845. The van der Waals surface area contributed by atoms with Gasteiger partial charge in [0.15, 0.2) is 0 Å². The summed E-state index contributed by atoms with van der Waals surface area (Å²) in [5.74, 6) is 0.359. The molecule has 0 aromatic heterocycles. The molecule has 0 saturated heterocycles. The van der Waals surface area contributed by atoms with Gasteiger partial charge in [-0.05, 0) is 30.3 Å². The standard InChI is InChI=1S/C16H16ClFN2O3/c1-22-11-4-6-15(23-2)14(8-11)20-16(21)9-19-13-5-3-10(18)7-12(13)17/h3-8,19H,9H2,1-2H3,(H,20,21). The molecule has 0 spiro atoms. The Balaban J connectivity index is 2.02. The average Bonchev–Trinajstić information content (AvgIpc) is 2.54. The molecule has 5 nitrogen and oxygen atoms in total. The van der Waals surface area contributed by atoms with Crippen LogP contribution in [0.25, 0.3) is 0 Å². The van der Waals surface area contributed by atoms with E-state index in [0.29, 0.717) is 22.9 Å². The molecular weight excluding hydrogens is 323 g/mol. The molecule has 2 aromatic rings. The van der Waals surface area contributed by atoms with Crippen LogP contribution in [0.3, 0.4) is 0 Å². The first-order valence-electron chi connectivity index (χ1n) is 6.74. The van der Waals surface area contributed by atoms with Crippen molar-refractivity contribution in [3.05, 3.63) is 47.2 Å². The van der Waals surface area contributed by atoms with E-state index in [1.807, 2.05) is 0 Å². The van der Waals surface area contributed by atoms with E-state index in [2.05, 4.69) is 10.6 Å². The molecular formula is C16H16ClFN2O3. The summed E-state index contributed by atoms with van der Waals surface area (Å²) in [5.41, 5.74) is 0.963. The van der Waals surface area contributed by atoms with Gasteiger partial charge < -0.3 is 20.1 Å². The third-order valence-electron chi connectivity index (χ3n) is 3.05. The van der Waals surface area contributed by atoms with E-state index in [9.17, 15) is 9.18 Å². The zero-order chi connectivity index (χ0) is 16.8. The molecule has 0 aliphatic carbocycles. The van der Waals surface area contributed by atoms with Crippen molar-refractivity contribution in [2.45, 2.75) is 0 Å². The van der Waals surface area contributed by atoms with Crippen molar-refractivity contribution in [3.63, 3.8) is 0 Å². The van der Waals surface area contributed by atoms with Crippen molar-refractivity contribution in [2.75, 3.05) is 31.4 Å². The van der Waals surface area contributed by atoms with Gasteiger partial charge in [0, 0.05) is 6.07 Å². The van der Waals surface area contributed by atoms with Crippen molar-refractivity contribution in [1.82, 2.24) is 0 Å². The number of ether oxygens (including phenoxy) is 2. The second-order valence-electron chi connectivity index (χ2n) is 4.59. The minimum absolute atomic E-state index is 0.0360. The van der Waals surface area contributed by atoms with E-state index in [1.165, 1.54) is 32.4 Å². The Bertz CT molecular complexity index is 710. The maximum Gasteiger partial charge on any atom is 0.243 e. The molecule has 23 heavy (non-hydrogen) atoms. The molecule has 0 unspecified atom stereocenters. The predicted octanol–water partition coefficient (Wildman–Crippen LogP) is 3.55. The van der Waals surface area contributed by atoms with Gasteiger partial charge in [-0.25, -0.2) is 4.39 Å². The number of benzene rings is 2. The van der Waals surface area contributed by atoms with Crippen LogP contribution in [0.4, 0.5) is 15.8 Å². The third-order valence-corrected chi connectivity index (χ3v) is 3.36. The van der Waals surface area contributed by atoms with Crippen molar-refractivity contribution in [1.29, 1.82) is 0 Å². The van der Waals surface area contributed by atoms with Crippen molar-refractivity contribution in [3.8, 4) is 11.5 Å². The highest BCUT2D eigenvalue weighted by Crippen LogP contribution is 2.29. The minimum Gasteiger partial charge on any atom is -0.497 e. The normalized spacial score (nSPS) is 10.1. The number of hydrogen-bond acceptors (Lipinski definition) is 4. The first-order valence-corrected chi connectivity index (χ1v) is 7.12. The number of carbonyl (C=O) groups excluding carboxylic acids is 1. The summed E-state index contributed by atoms with van der Waals surface area (Å²) in [6.45, 7) is -0.0360. The fourth-order valence-corrected chi connectivity index (χ4v) is 2.15. The van der Waals surface area contributed by atoms with E-state index in [-0.39, 0.29) is 17.5 Å². The van der Waals surface area contributed by atoms with Gasteiger partial charge in [-0.1, -0.05) is 11.6 Å². The maximum absolute atomic E-state index is 13.0. The maximum atomic E-state index is 13.0. The van der Waals surface area contributed by atoms with Crippen LogP contribution < -0.4 is 20.1 Å². The van der Waals surface area contributed by atoms with Gasteiger partial charge in [-0.15, -0.1) is 0 Å². The first kappa shape index (κ1) is 16.9. The highest BCUT2D eigenvalue weighted by atomic mass is 35.5. The van der Waals surface area contributed by atoms with Gasteiger partial charge >= 0.3 is 0 Å². The Morgan fingerprint density at radius 3 is 2.57 bits per heavy atom. The van der Waals surface area contributed by atoms with Gasteiger partial charge in [0.25, 0.3) is 0 Å². The fraction of sp³-hybridized carbons (Fsp3) is 0.188. The molecule has 0 fully saturated rings. The minimum atomic E-state index is -0.439. The van der Waals surface area contributed by atoms with E-state index in [0.717, 1.165) is 0 Å². The van der Waals surface area contributed by atoms with E-state index < -0.39 is 5.82 Å². The zero-order valence-electron chi connectivity index (χ0n) is 12.7. The van der Waals surface area contributed by atoms with Crippen LogP contribution in [0.15, 0.2) is 36.4 Å². The number of rotatable bonds is 6. The number of carbonyl (C=O) groups is 1. The number of amides is 1. The molecule has 2 rings (SSSR count). The Morgan fingerprint density at radius 2 is 1.91 bits per heavy atom. The molecule has 0 aliphatic heterocycles. The summed E-state index contributed by atoms with van der Waals surface area (Å²) in [7, 11) is 3.04. The first-order chi connectivity index (χ1) is 11.0. The van der Waals surface area contributed by atoms with Crippen molar-refractivity contribution in [2.24, 2.45) is 0 Å². The summed E-state index contributed by atoms with van der Waals surface area (Å²) in [5, 5.41) is 5.76. The molecule has 1 amide bonds. The molecule has 0 heterocycles. The Morgan fingerprint density at radius 1 is 1.13 bits per heavy atom. The number of methoxy groups -OCH3 is 2. The smallest absolute Gasteiger partial charge is 0.243 e.